The molecule has 0 saturated heterocycles. The summed E-state index contributed by atoms with van der Waals surface area (Å²) in [5, 5.41) is 2.35. The van der Waals surface area contributed by atoms with Crippen molar-refractivity contribution in [2.75, 3.05) is 0 Å². The highest BCUT2D eigenvalue weighted by Crippen LogP contribution is 1.98. The third-order valence-electron chi connectivity index (χ3n) is 0.644. The average molecular weight is 144 g/mol. The fourth-order valence-electron chi connectivity index (χ4n) is 0.361. The first-order valence-corrected chi connectivity index (χ1v) is 3.33. The van der Waals surface area contributed by atoms with Crippen molar-refractivity contribution in [1.29, 1.82) is 0 Å². The molecule has 1 aromatic heterocycles. The van der Waals surface area contributed by atoms with Crippen molar-refractivity contribution >= 4 is 29.1 Å². The molecule has 0 atom stereocenters. The van der Waals surface area contributed by atoms with Crippen LogP contribution in [0, 0.1) is 6.92 Å². The van der Waals surface area contributed by atoms with Gasteiger partial charge in [0.25, 0.3) is 0 Å². The van der Waals surface area contributed by atoms with E-state index < -0.39 is 0 Å². The predicted octanol–water partition coefficient (Wildman–Crippen LogP) is 1.19. The Labute approximate surface area is 56.7 Å². The molecule has 0 aliphatic rings. The van der Waals surface area contributed by atoms with Crippen molar-refractivity contribution in [2.24, 2.45) is 0 Å². The van der Waals surface area contributed by atoms with Crippen molar-refractivity contribution in [3.63, 3.8) is 0 Å². The van der Waals surface area contributed by atoms with Crippen LogP contribution in [0.25, 0.3) is 0 Å². The zero-order valence-electron chi connectivity index (χ0n) is 4.29. The maximum atomic E-state index is 4.61. The molecule has 4 heteroatoms. The monoisotopic (exact) mass is 144 g/mol. The fourth-order valence-corrected chi connectivity index (χ4v) is 1.03. The van der Waals surface area contributed by atoms with Gasteiger partial charge < -0.3 is 0 Å². The summed E-state index contributed by atoms with van der Waals surface area (Å²) in [5.74, 6) is 0.797. The predicted molar refractivity (Wildman–Crippen MR) is 37.4 cm³/mol. The molecule has 2 nitrogen and oxygen atoms in total. The lowest BCUT2D eigenvalue weighted by Crippen LogP contribution is -1.74. The zero-order valence-corrected chi connectivity index (χ0v) is 5.92. The van der Waals surface area contributed by atoms with E-state index in [1.165, 1.54) is 16.9 Å². The quantitative estimate of drug-likeness (QED) is 0.554. The van der Waals surface area contributed by atoms with Crippen LogP contribution < -0.4 is 0 Å². The Morgan fingerprint density at radius 1 is 1.75 bits per heavy atom. The molecule has 1 aromatic rings. The summed E-state index contributed by atoms with van der Waals surface area (Å²) in [6.07, 6.45) is 0. The van der Waals surface area contributed by atoms with Crippen molar-refractivity contribution in [3.8, 4) is 0 Å². The highest BCUT2D eigenvalue weighted by Gasteiger charge is 1.91. The van der Waals surface area contributed by atoms with E-state index in [0.717, 1.165) is 10.8 Å². The molecule has 0 saturated carbocycles. The van der Waals surface area contributed by atoms with Crippen LogP contribution in [0.4, 0.5) is 0 Å². The zero-order chi connectivity index (χ0) is 5.98. The summed E-state index contributed by atoms with van der Waals surface area (Å²) >= 11 is 5.94. The van der Waals surface area contributed by atoms with E-state index in [1.807, 2.05) is 6.92 Å². The molecular weight excluding hydrogens is 140 g/mol. The number of aromatic nitrogens is 2. The Morgan fingerprint density at radius 3 is 2.75 bits per heavy atom. The topological polar surface area (TPSA) is 25.8 Å². The van der Waals surface area contributed by atoms with E-state index in [-0.39, 0.29) is 0 Å². The lowest BCUT2D eigenvalue weighted by atomic mass is 10.7. The first-order valence-electron chi connectivity index (χ1n) is 2.08. The Balaban J connectivity index is 3.00. The van der Waals surface area contributed by atoms with Gasteiger partial charge in [-0.05, 0) is 18.5 Å². The fraction of sp³-hybridized carbons (Fsp3) is 0.250. The molecule has 0 radical (unpaired) electrons. The van der Waals surface area contributed by atoms with Gasteiger partial charge in [-0.15, -0.1) is 0 Å². The van der Waals surface area contributed by atoms with Gasteiger partial charge in [0.2, 0.25) is 0 Å². The van der Waals surface area contributed by atoms with E-state index in [0.29, 0.717) is 0 Å². The number of nitrogens with zero attached hydrogens (tertiary/aromatic N) is 2. The maximum Gasteiger partial charge on any atom is 0.147 e. The second kappa shape index (κ2) is 2.28. The normalized spacial score (nSPS) is 9.12. The number of hydrogen-bond donors (Lipinski definition) is 0. The highest BCUT2D eigenvalue weighted by molar-refractivity contribution is 7.79. The third kappa shape index (κ3) is 1.08. The smallest absolute Gasteiger partial charge is 0.147 e. The van der Waals surface area contributed by atoms with Crippen LogP contribution in [-0.4, -0.2) is 14.7 Å². The van der Waals surface area contributed by atoms with E-state index in [2.05, 4.69) is 21.6 Å². The van der Waals surface area contributed by atoms with Crippen molar-refractivity contribution in [3.05, 3.63) is 10.8 Å². The summed E-state index contributed by atoms with van der Waals surface area (Å²) in [7, 11) is 0. The van der Waals surface area contributed by atoms with Gasteiger partial charge in [-0.3, -0.25) is 0 Å². The maximum absolute atomic E-state index is 4.61. The van der Waals surface area contributed by atoms with Crippen LogP contribution in [0.3, 0.4) is 0 Å². The highest BCUT2D eigenvalue weighted by atomic mass is 32.1. The number of thiocarbonyl (C=S) groups is 1. The summed E-state index contributed by atoms with van der Waals surface area (Å²) in [6.45, 7) is 1.85. The summed E-state index contributed by atoms with van der Waals surface area (Å²) in [4.78, 5) is 3.98. The largest absolute Gasteiger partial charge is 0.219 e. The Hall–Kier alpha value is -0.350. The Morgan fingerprint density at radius 2 is 2.50 bits per heavy atom. The van der Waals surface area contributed by atoms with Gasteiger partial charge in [-0.25, -0.2) is 4.98 Å². The lowest BCUT2D eigenvalue weighted by molar-refractivity contribution is 1.16. The van der Waals surface area contributed by atoms with Gasteiger partial charge in [0, 0.05) is 5.37 Å². The molecule has 0 fully saturated rings. The molecule has 1 rings (SSSR count). The molecule has 0 spiro atoms. The number of aryl methyl sites for hydroxylation is 1. The van der Waals surface area contributed by atoms with Crippen LogP contribution in [0.2, 0.25) is 0 Å². The van der Waals surface area contributed by atoms with Crippen LogP contribution in [0.5, 0.6) is 0 Å². The Kier molecular flexibility index (Phi) is 1.65. The molecule has 8 heavy (non-hydrogen) atoms. The van der Waals surface area contributed by atoms with Crippen molar-refractivity contribution in [1.82, 2.24) is 9.36 Å². The van der Waals surface area contributed by atoms with Crippen molar-refractivity contribution in [2.45, 2.75) is 6.92 Å². The van der Waals surface area contributed by atoms with Gasteiger partial charge >= 0.3 is 0 Å². The first-order chi connectivity index (χ1) is 3.83. The van der Waals surface area contributed by atoms with Crippen LogP contribution in [0.1, 0.15) is 10.8 Å². The van der Waals surface area contributed by atoms with Gasteiger partial charge in [-0.2, -0.15) is 4.37 Å². The van der Waals surface area contributed by atoms with E-state index in [1.54, 1.807) is 0 Å². The standard InChI is InChI=1S/C4H4N2S2/c1-3-5-4(2-7)8-6-3/h2H,1H3. The molecule has 0 aliphatic carbocycles. The summed E-state index contributed by atoms with van der Waals surface area (Å²) in [5.41, 5.74) is 0. The molecular formula is C4H4N2S2. The minimum absolute atomic E-state index is 0.797. The molecule has 0 bridgehead atoms. The van der Waals surface area contributed by atoms with E-state index in [9.17, 15) is 0 Å². The van der Waals surface area contributed by atoms with Gasteiger partial charge in [-0.1, -0.05) is 12.2 Å². The minimum atomic E-state index is 0.797. The molecule has 0 aromatic carbocycles. The number of hydrogen-bond acceptors (Lipinski definition) is 4. The molecule has 0 aliphatic heterocycles. The van der Waals surface area contributed by atoms with Crippen LogP contribution in [-0.2, 0) is 0 Å². The molecule has 0 N–H and O–H groups in total. The SMILES string of the molecule is Cc1nsc(C=S)n1. The molecule has 0 amide bonds. The Bertz CT molecular complexity index is 194. The summed E-state index contributed by atoms with van der Waals surface area (Å²) in [6, 6.07) is 0. The van der Waals surface area contributed by atoms with Gasteiger partial charge in [0.05, 0.1) is 0 Å². The first kappa shape index (κ1) is 5.78. The van der Waals surface area contributed by atoms with Gasteiger partial charge in [0.15, 0.2) is 0 Å². The molecule has 1 heterocycles. The van der Waals surface area contributed by atoms with E-state index >= 15 is 0 Å². The third-order valence-corrected chi connectivity index (χ3v) is 1.77. The minimum Gasteiger partial charge on any atom is -0.219 e. The van der Waals surface area contributed by atoms with Crippen LogP contribution in [0.15, 0.2) is 0 Å². The number of rotatable bonds is 1. The van der Waals surface area contributed by atoms with Gasteiger partial charge in [0.1, 0.15) is 10.8 Å². The molecule has 42 valence electrons. The second-order valence-corrected chi connectivity index (χ2v) is 2.32. The lowest BCUT2D eigenvalue weighted by Gasteiger charge is -1.69. The molecule has 0 unspecified atom stereocenters. The summed E-state index contributed by atoms with van der Waals surface area (Å²) < 4.78 is 3.92. The van der Waals surface area contributed by atoms with E-state index in [4.69, 9.17) is 0 Å². The average Bonchev–Trinajstić information content (AvgIpc) is 2.14. The van der Waals surface area contributed by atoms with Crippen molar-refractivity contribution < 1.29 is 0 Å². The second-order valence-electron chi connectivity index (χ2n) is 1.30. The van der Waals surface area contributed by atoms with Crippen LogP contribution >= 0.6 is 23.8 Å².